The highest BCUT2D eigenvalue weighted by atomic mass is 15.1. The standard InChI is InChI=1S/C73H57N5/c1-73(2,3)52-42-43-74-72(45-52)78-67-39-17-15-34-63(67)65-47-64-61-32-13-11-30-59(61)58-29-10-12-31-60(58)62-33-14-16-38-66(62)77(70(64)48-71(65)78)54-28-20-27-53(46-54)76-49-75(68-40-18-19-41-69(68)76)44-22-37-57-55(50-23-6-4-7-24-50)35-21-36-56(57)51-25-8-5-9-26-51/h4-21,23-36,38-43,45-48H,22,37,44H2,1-3H3/i4D,5D,6D,7D,8D,9D,23D,24D,25D. The second-order valence-electron chi connectivity index (χ2n) is 20.9. The van der Waals surface area contributed by atoms with Crippen molar-refractivity contribution < 1.29 is 16.9 Å². The largest absolute Gasteiger partial charge is 0.319 e. The smallest absolute Gasteiger partial charge is 0.244 e. The van der Waals surface area contributed by atoms with Crippen molar-refractivity contribution in [1.82, 2.24) is 18.7 Å². The van der Waals surface area contributed by atoms with E-state index in [0.717, 1.165) is 93.4 Å². The minimum absolute atomic E-state index is 0.0263. The Labute approximate surface area is 467 Å². The van der Waals surface area contributed by atoms with Crippen molar-refractivity contribution in [2.45, 2.75) is 45.6 Å². The molecule has 0 spiro atoms. The molecule has 4 heterocycles. The van der Waals surface area contributed by atoms with Crippen LogP contribution in [0.3, 0.4) is 0 Å². The van der Waals surface area contributed by atoms with E-state index in [1.165, 1.54) is 11.6 Å². The Hall–Kier alpha value is -9.58. The second kappa shape index (κ2) is 19.2. The lowest BCUT2D eigenvalue weighted by Gasteiger charge is -2.20. The fourth-order valence-corrected chi connectivity index (χ4v) is 11.7. The van der Waals surface area contributed by atoms with E-state index >= 15 is 0 Å². The first-order chi connectivity index (χ1) is 42.1. The summed E-state index contributed by atoms with van der Waals surface area (Å²) in [6, 6.07) is 63.8. The summed E-state index contributed by atoms with van der Waals surface area (Å²) in [6.07, 6.45) is 6.45. The van der Waals surface area contributed by atoms with Crippen LogP contribution in [-0.4, -0.2) is 18.7 Å². The molecule has 0 fully saturated rings. The number of hydrogen-bond donors (Lipinski definition) is 0. The predicted molar refractivity (Wildman–Crippen MR) is 326 cm³/mol. The van der Waals surface area contributed by atoms with Gasteiger partial charge in [-0.2, -0.15) is 0 Å². The van der Waals surface area contributed by atoms with Crippen LogP contribution in [0.2, 0.25) is 0 Å². The highest BCUT2D eigenvalue weighted by Gasteiger charge is 2.21. The molecule has 0 unspecified atom stereocenters. The summed E-state index contributed by atoms with van der Waals surface area (Å²) in [4.78, 5) is 5.08. The third-order valence-electron chi connectivity index (χ3n) is 15.3. The first kappa shape index (κ1) is 38.0. The number of imidazole rings is 1. The Bertz CT molecular complexity index is 5230. The van der Waals surface area contributed by atoms with Crippen molar-refractivity contribution in [1.29, 1.82) is 0 Å². The van der Waals surface area contributed by atoms with Gasteiger partial charge in [0, 0.05) is 33.4 Å². The second-order valence-corrected chi connectivity index (χ2v) is 20.9. The van der Waals surface area contributed by atoms with Gasteiger partial charge in [-0.05, 0) is 122 Å². The lowest BCUT2D eigenvalue weighted by molar-refractivity contribution is -0.676. The molecule has 0 atom stereocenters. The lowest BCUT2D eigenvalue weighted by atomic mass is 9.88. The molecule has 0 amide bonds. The average molecular weight is 1010 g/mol. The SMILES string of the molecule is [2H]c1cc(-c2cccc(-c3c([2H])c([2H])c([2H])c([2H])c3[2H])c2CCC[n+]2[c-]n(-c3cccc(-n4c5ccccc5c5ccccc5c5ccccc5c5cc6c7ccccc7n(-c7cc(C(C)(C)C)ccn7)c6cc54)c3)c3ccccc32)c([2H])c([2H])c1[2H]. The molecule has 0 aliphatic heterocycles. The lowest BCUT2D eigenvalue weighted by Crippen LogP contribution is -2.33. The number of fused-ring (bicyclic) bond motifs is 11. The van der Waals surface area contributed by atoms with Crippen molar-refractivity contribution in [2.24, 2.45) is 0 Å². The van der Waals surface area contributed by atoms with E-state index in [1.54, 1.807) is 18.2 Å². The Morgan fingerprint density at radius 1 is 0.462 bits per heavy atom. The summed E-state index contributed by atoms with van der Waals surface area (Å²) in [7, 11) is 0. The fourth-order valence-electron chi connectivity index (χ4n) is 11.7. The van der Waals surface area contributed by atoms with Gasteiger partial charge in [-0.15, -0.1) is 0 Å². The van der Waals surface area contributed by atoms with E-state index in [4.69, 9.17) is 17.3 Å². The quantitative estimate of drug-likeness (QED) is 0.105. The minimum atomic E-state index is -0.502. The Morgan fingerprint density at radius 2 is 1.01 bits per heavy atom. The predicted octanol–water partition coefficient (Wildman–Crippen LogP) is 18.0. The molecule has 5 nitrogen and oxygen atoms in total. The van der Waals surface area contributed by atoms with Crippen LogP contribution in [0.1, 0.15) is 50.7 Å². The van der Waals surface area contributed by atoms with Crippen LogP contribution in [0.5, 0.6) is 0 Å². The number of benzene rings is 10. The van der Waals surface area contributed by atoms with E-state index in [0.29, 0.717) is 36.1 Å². The topological polar surface area (TPSA) is 31.6 Å². The number of pyridine rings is 1. The number of aromatic nitrogens is 5. The van der Waals surface area contributed by atoms with Gasteiger partial charge < -0.3 is 13.7 Å². The van der Waals surface area contributed by atoms with Crippen molar-refractivity contribution >= 4 is 76.2 Å². The van der Waals surface area contributed by atoms with Gasteiger partial charge in [0.05, 0.1) is 57.7 Å². The average Bonchev–Trinajstić information content (AvgIpc) is 1.81. The molecular weight excluding hydrogens is 947 g/mol. The van der Waals surface area contributed by atoms with Gasteiger partial charge in [0.25, 0.3) is 0 Å². The molecule has 0 saturated heterocycles. The maximum absolute atomic E-state index is 9.02. The molecule has 5 heteroatoms. The maximum Gasteiger partial charge on any atom is 0.244 e. The third kappa shape index (κ3) is 8.09. The number of nitrogens with zero attached hydrogens (tertiary/aromatic N) is 5. The van der Waals surface area contributed by atoms with Crippen LogP contribution in [0.15, 0.2) is 255 Å². The number of aryl methyl sites for hydroxylation is 1. The molecule has 0 saturated carbocycles. The zero-order valence-electron chi connectivity index (χ0n) is 52.4. The Balaban J connectivity index is 0.971. The monoisotopic (exact) mass is 1010 g/mol. The van der Waals surface area contributed by atoms with Crippen LogP contribution < -0.4 is 4.57 Å². The number of hydrogen-bond acceptors (Lipinski definition) is 1. The van der Waals surface area contributed by atoms with E-state index in [-0.39, 0.29) is 52.8 Å². The summed E-state index contributed by atoms with van der Waals surface area (Å²) < 4.78 is 86.9. The normalized spacial score (nSPS) is 13.6. The van der Waals surface area contributed by atoms with Gasteiger partial charge in [0.1, 0.15) is 5.82 Å². The molecule has 0 radical (unpaired) electrons. The van der Waals surface area contributed by atoms with E-state index in [1.807, 2.05) is 18.3 Å². The molecule has 10 aromatic carbocycles. The molecule has 0 bridgehead atoms. The highest BCUT2D eigenvalue weighted by molar-refractivity contribution is 6.22. The van der Waals surface area contributed by atoms with E-state index in [9.17, 15) is 0 Å². The molecule has 374 valence electrons. The summed E-state index contributed by atoms with van der Waals surface area (Å²) in [6.45, 7) is 7.13. The highest BCUT2D eigenvalue weighted by Crippen LogP contribution is 2.41. The zero-order chi connectivity index (χ0) is 60.2. The van der Waals surface area contributed by atoms with Gasteiger partial charge in [-0.1, -0.05) is 221 Å². The minimum Gasteiger partial charge on any atom is -0.319 e. The molecule has 78 heavy (non-hydrogen) atoms. The fraction of sp³-hybridized carbons (Fsp3) is 0.0959. The van der Waals surface area contributed by atoms with Crippen LogP contribution in [0, 0.1) is 6.33 Å². The van der Waals surface area contributed by atoms with Gasteiger partial charge in [-0.25, -0.2) is 4.98 Å². The van der Waals surface area contributed by atoms with Gasteiger partial charge in [0.2, 0.25) is 6.33 Å². The van der Waals surface area contributed by atoms with Crippen molar-refractivity contribution in [3.05, 3.63) is 272 Å². The first-order valence-electron chi connectivity index (χ1n) is 31.0. The third-order valence-corrected chi connectivity index (χ3v) is 15.3. The van der Waals surface area contributed by atoms with Crippen LogP contribution in [0.4, 0.5) is 0 Å². The molecule has 0 N–H and O–H groups in total. The molecule has 0 aliphatic rings. The first-order valence-corrected chi connectivity index (χ1v) is 26.5. The number of rotatable bonds is 9. The number of para-hydroxylation sites is 4. The van der Waals surface area contributed by atoms with E-state index < -0.39 is 18.1 Å². The molecule has 14 aromatic rings. The molecule has 4 aromatic heterocycles. The zero-order valence-corrected chi connectivity index (χ0v) is 43.4. The molecular formula is C73H57N5. The van der Waals surface area contributed by atoms with Gasteiger partial charge >= 0.3 is 0 Å². The van der Waals surface area contributed by atoms with Crippen molar-refractivity contribution in [2.75, 3.05) is 0 Å². The summed E-state index contributed by atoms with van der Waals surface area (Å²) in [5.74, 6) is 0.840. The van der Waals surface area contributed by atoms with Gasteiger partial charge in [0.15, 0.2) is 0 Å². The van der Waals surface area contributed by atoms with Gasteiger partial charge in [-0.3, -0.25) is 4.57 Å². The summed E-state index contributed by atoms with van der Waals surface area (Å²) in [5, 5.41) is 8.84. The van der Waals surface area contributed by atoms with Crippen LogP contribution >= 0.6 is 0 Å². The maximum atomic E-state index is 9.02. The van der Waals surface area contributed by atoms with Crippen LogP contribution in [-0.2, 0) is 18.4 Å². The van der Waals surface area contributed by atoms with Crippen molar-refractivity contribution in [3.63, 3.8) is 0 Å². The molecule has 0 aliphatic carbocycles. The molecule has 14 rings (SSSR count). The summed E-state index contributed by atoms with van der Waals surface area (Å²) >= 11 is 0. The van der Waals surface area contributed by atoms with Crippen molar-refractivity contribution in [3.8, 4) is 39.4 Å². The van der Waals surface area contributed by atoms with E-state index in [2.05, 4.69) is 203 Å². The summed E-state index contributed by atoms with van der Waals surface area (Å²) in [5.41, 5.74) is 10.5. The Morgan fingerprint density at radius 3 is 1.74 bits per heavy atom. The van der Waals surface area contributed by atoms with Crippen LogP contribution in [0.25, 0.3) is 116 Å². The Kier molecular flexibility index (Phi) is 9.37.